The number of hydrogen-bond donors (Lipinski definition) is 0. The number of methoxy groups -OCH3 is 1. The van der Waals surface area contributed by atoms with Gasteiger partial charge in [0.15, 0.2) is 0 Å². The van der Waals surface area contributed by atoms with E-state index in [2.05, 4.69) is 6.92 Å². The van der Waals surface area contributed by atoms with Crippen molar-refractivity contribution in [1.82, 2.24) is 0 Å². The highest BCUT2D eigenvalue weighted by Crippen LogP contribution is 2.77. The van der Waals surface area contributed by atoms with Crippen LogP contribution in [-0.2, 0) is 47.7 Å². The van der Waals surface area contributed by atoms with Crippen LogP contribution in [0.25, 0.3) is 0 Å². The molecule has 11 heteroatoms. The van der Waals surface area contributed by atoms with Gasteiger partial charge in [-0.2, -0.15) is 0 Å². The van der Waals surface area contributed by atoms with Crippen LogP contribution in [0.2, 0.25) is 0 Å². The van der Waals surface area contributed by atoms with Crippen LogP contribution in [0.1, 0.15) is 79.4 Å². The SMILES string of the molecule is COC(=O)[C@H](OC(C)=O)[C@H]1C(C)(C)[C@H](OC(=O)C(C)C)[C@@H]2C(=O)[C@]1(C)[C@H]1CC[C@]3(C)[C@@H](CC(=O)O[C@H]3c3ccoc3)[C@]13O[C@H]23. The molecule has 6 rings (SSSR count). The van der Waals surface area contributed by atoms with Crippen molar-refractivity contribution in [2.45, 2.75) is 97.7 Å². The Bertz CT molecular complexity index is 1400. The van der Waals surface area contributed by atoms with Gasteiger partial charge in [-0.1, -0.05) is 41.5 Å². The second-order valence-corrected chi connectivity index (χ2v) is 14.7. The highest BCUT2D eigenvalue weighted by molar-refractivity contribution is 5.94. The molecule has 3 saturated carbocycles. The first-order valence-electron chi connectivity index (χ1n) is 15.5. The van der Waals surface area contributed by atoms with Crippen LogP contribution in [0.4, 0.5) is 0 Å². The number of fused-ring (bicyclic) bond motifs is 5. The normalized spacial score (nSPS) is 42.2. The molecule has 1 spiro atoms. The zero-order chi connectivity index (χ0) is 32.1. The van der Waals surface area contributed by atoms with Crippen LogP contribution in [-0.4, -0.2) is 60.7 Å². The first kappa shape index (κ1) is 30.8. The van der Waals surface area contributed by atoms with Gasteiger partial charge in [0.1, 0.15) is 29.7 Å². The van der Waals surface area contributed by atoms with Crippen molar-refractivity contribution in [3.63, 3.8) is 0 Å². The Kier molecular flexibility index (Phi) is 6.93. The van der Waals surface area contributed by atoms with Gasteiger partial charge in [0.2, 0.25) is 6.10 Å². The third-order valence-corrected chi connectivity index (χ3v) is 11.8. The molecular weight excluding hydrogens is 572 g/mol. The Labute approximate surface area is 256 Å². The summed E-state index contributed by atoms with van der Waals surface area (Å²) in [5, 5.41) is 0. The summed E-state index contributed by atoms with van der Waals surface area (Å²) in [5.74, 6) is -5.60. The topological polar surface area (TPSA) is 148 Å². The van der Waals surface area contributed by atoms with E-state index in [1.165, 1.54) is 14.0 Å². The fraction of sp³-hybridized carbons (Fsp3) is 0.727. The summed E-state index contributed by atoms with van der Waals surface area (Å²) in [6.07, 6.45) is 0.720. The molecule has 2 saturated heterocycles. The van der Waals surface area contributed by atoms with E-state index in [9.17, 15) is 24.0 Å². The number of ketones is 1. The van der Waals surface area contributed by atoms with Crippen molar-refractivity contribution in [3.05, 3.63) is 24.2 Å². The van der Waals surface area contributed by atoms with E-state index in [0.29, 0.717) is 12.8 Å². The lowest BCUT2D eigenvalue weighted by atomic mass is 9.37. The molecule has 3 aliphatic carbocycles. The average Bonchev–Trinajstić information content (AvgIpc) is 3.40. The fourth-order valence-electron chi connectivity index (χ4n) is 10.0. The summed E-state index contributed by atoms with van der Waals surface area (Å²) in [6.45, 7) is 12.2. The van der Waals surface area contributed by atoms with Crippen LogP contribution >= 0.6 is 0 Å². The summed E-state index contributed by atoms with van der Waals surface area (Å²) >= 11 is 0. The van der Waals surface area contributed by atoms with Crippen LogP contribution < -0.4 is 0 Å². The predicted molar refractivity (Wildman–Crippen MR) is 150 cm³/mol. The van der Waals surface area contributed by atoms with Crippen LogP contribution in [0.15, 0.2) is 23.0 Å². The van der Waals surface area contributed by atoms with Crippen LogP contribution in [0.5, 0.6) is 0 Å². The molecule has 3 heterocycles. The molecular formula is C33H42O11. The highest BCUT2D eigenvalue weighted by Gasteiger charge is 2.87. The Hall–Kier alpha value is -3.21. The van der Waals surface area contributed by atoms with Gasteiger partial charge >= 0.3 is 23.9 Å². The quantitative estimate of drug-likeness (QED) is 0.260. The molecule has 1 aromatic rings. The van der Waals surface area contributed by atoms with Gasteiger partial charge in [-0.25, -0.2) is 4.79 Å². The van der Waals surface area contributed by atoms with E-state index in [1.807, 2.05) is 20.8 Å². The Morgan fingerprint density at radius 3 is 2.34 bits per heavy atom. The molecule has 0 N–H and O–H groups in total. The molecule has 5 fully saturated rings. The third kappa shape index (κ3) is 3.93. The molecule has 11 atom stereocenters. The number of hydrogen-bond acceptors (Lipinski definition) is 11. The number of epoxide rings is 1. The van der Waals surface area contributed by atoms with Crippen molar-refractivity contribution in [2.75, 3.05) is 7.11 Å². The zero-order valence-corrected chi connectivity index (χ0v) is 26.5. The molecule has 2 bridgehead atoms. The van der Waals surface area contributed by atoms with E-state index >= 15 is 0 Å². The number of esters is 4. The highest BCUT2D eigenvalue weighted by atomic mass is 16.6. The number of carbonyl (C=O) groups is 5. The van der Waals surface area contributed by atoms with Crippen molar-refractivity contribution in [1.29, 1.82) is 0 Å². The van der Waals surface area contributed by atoms with Crippen molar-refractivity contribution >= 4 is 29.7 Å². The monoisotopic (exact) mass is 614 g/mol. The number of Topliss-reactive ketones (excluding diaryl/α,β-unsaturated/α-hetero) is 1. The standard InChI is InChI=1S/C33H42O11/c1-15(2)28(37)43-26-21-24(36)32(7,23(30(26,4)5)22(29(38)39-8)41-16(3)34)18-9-11-31(6)19(33(18)27(21)44-33)13-20(35)42-25(31)17-10-12-40-14-17/h10,12,14-15,18-19,21-23,25-27H,9,11,13H2,1-8H3/t18-,19-,21+,22-,23+,25+,26-,27-,31-,32-,33-/m1/s1. The molecule has 2 aliphatic heterocycles. The second kappa shape index (κ2) is 9.89. The van der Waals surface area contributed by atoms with Crippen LogP contribution in [0, 0.1) is 45.8 Å². The van der Waals surface area contributed by atoms with Gasteiger partial charge in [0.25, 0.3) is 0 Å². The molecule has 0 radical (unpaired) electrons. The maximum atomic E-state index is 14.9. The molecule has 0 amide bonds. The number of rotatable bonds is 6. The van der Waals surface area contributed by atoms with Gasteiger partial charge < -0.3 is 28.1 Å². The number of ether oxygens (including phenoxy) is 5. The van der Waals surface area contributed by atoms with Crippen molar-refractivity contribution in [3.8, 4) is 0 Å². The molecule has 1 aromatic heterocycles. The van der Waals surface area contributed by atoms with E-state index < -0.39 is 87.8 Å². The summed E-state index contributed by atoms with van der Waals surface area (Å²) in [6, 6.07) is 1.79. The maximum Gasteiger partial charge on any atom is 0.347 e. The minimum Gasteiger partial charge on any atom is -0.472 e. The number of furan rings is 1. The van der Waals surface area contributed by atoms with Crippen LogP contribution in [0.3, 0.4) is 0 Å². The molecule has 0 aromatic carbocycles. The van der Waals surface area contributed by atoms with E-state index in [4.69, 9.17) is 28.1 Å². The van der Waals surface area contributed by atoms with Crippen molar-refractivity contribution in [2.24, 2.45) is 45.8 Å². The smallest absolute Gasteiger partial charge is 0.347 e. The molecule has 11 nitrogen and oxygen atoms in total. The lowest BCUT2D eigenvalue weighted by Crippen LogP contribution is -2.74. The largest absolute Gasteiger partial charge is 0.472 e. The van der Waals surface area contributed by atoms with Gasteiger partial charge in [-0.05, 0) is 18.9 Å². The summed E-state index contributed by atoms with van der Waals surface area (Å²) in [4.78, 5) is 67.1. The van der Waals surface area contributed by atoms with Gasteiger partial charge in [0.05, 0.1) is 37.9 Å². The van der Waals surface area contributed by atoms with E-state index in [-0.39, 0.29) is 24.1 Å². The molecule has 0 unspecified atom stereocenters. The van der Waals surface area contributed by atoms with Gasteiger partial charge in [-0.3, -0.25) is 19.2 Å². The summed E-state index contributed by atoms with van der Waals surface area (Å²) < 4.78 is 35.1. The van der Waals surface area contributed by atoms with Gasteiger partial charge in [-0.15, -0.1) is 0 Å². The first-order chi connectivity index (χ1) is 20.6. The Morgan fingerprint density at radius 2 is 1.75 bits per heavy atom. The Balaban J connectivity index is 1.54. The summed E-state index contributed by atoms with van der Waals surface area (Å²) in [7, 11) is 1.20. The lowest BCUT2D eigenvalue weighted by molar-refractivity contribution is -0.235. The maximum absolute atomic E-state index is 14.9. The van der Waals surface area contributed by atoms with E-state index in [1.54, 1.807) is 32.4 Å². The number of cyclic esters (lactones) is 1. The average molecular weight is 615 g/mol. The molecule has 240 valence electrons. The minimum atomic E-state index is -1.45. The second-order valence-electron chi connectivity index (χ2n) is 14.7. The van der Waals surface area contributed by atoms with Gasteiger partial charge in [0, 0.05) is 46.5 Å². The van der Waals surface area contributed by atoms with E-state index in [0.717, 1.165) is 5.56 Å². The lowest BCUT2D eigenvalue weighted by Gasteiger charge is -2.65. The summed E-state index contributed by atoms with van der Waals surface area (Å²) in [5.41, 5.74) is -3.03. The minimum absolute atomic E-state index is 0.0870. The third-order valence-electron chi connectivity index (χ3n) is 11.8. The number of carbonyl (C=O) groups excluding carboxylic acids is 5. The first-order valence-corrected chi connectivity index (χ1v) is 15.5. The molecule has 5 aliphatic rings. The molecule has 44 heavy (non-hydrogen) atoms. The zero-order valence-electron chi connectivity index (χ0n) is 26.5. The fourth-order valence-corrected chi connectivity index (χ4v) is 10.0. The Morgan fingerprint density at radius 1 is 1.05 bits per heavy atom. The predicted octanol–water partition coefficient (Wildman–Crippen LogP) is 3.97. The van der Waals surface area contributed by atoms with Crippen molar-refractivity contribution < 1.29 is 52.1 Å².